The van der Waals surface area contributed by atoms with E-state index >= 15 is 0 Å². The van der Waals surface area contributed by atoms with Gasteiger partial charge in [0.05, 0.1) is 0 Å². The third-order valence-corrected chi connectivity index (χ3v) is 6.71. The van der Waals surface area contributed by atoms with Crippen molar-refractivity contribution < 1.29 is 24.2 Å². The molecule has 0 heterocycles. The van der Waals surface area contributed by atoms with Crippen LogP contribution < -0.4 is 10.6 Å². The molecule has 0 aromatic heterocycles. The average Bonchev–Trinajstić information content (AvgIpc) is 2.77. The van der Waals surface area contributed by atoms with Crippen LogP contribution in [0, 0.1) is 5.92 Å². The molecule has 0 aliphatic carbocycles. The predicted octanol–water partition coefficient (Wildman–Crippen LogP) is 6.65. The van der Waals surface area contributed by atoms with Crippen LogP contribution >= 0.6 is 11.8 Å². The van der Waals surface area contributed by atoms with Crippen LogP contribution in [0.25, 0.3) is 0 Å². The van der Waals surface area contributed by atoms with Crippen molar-refractivity contribution in [3.8, 4) is 0 Å². The summed E-state index contributed by atoms with van der Waals surface area (Å²) in [6.07, 6.45) is 10.7. The number of thioether (sulfide) groups is 1. The van der Waals surface area contributed by atoms with Gasteiger partial charge in [-0.25, -0.2) is 9.59 Å². The van der Waals surface area contributed by atoms with Crippen LogP contribution in [0.4, 0.5) is 4.79 Å². The van der Waals surface area contributed by atoms with Crippen molar-refractivity contribution in [3.63, 3.8) is 0 Å². The lowest BCUT2D eigenvalue weighted by Crippen LogP contribution is -2.55. The van der Waals surface area contributed by atoms with Crippen molar-refractivity contribution >= 4 is 29.7 Å². The van der Waals surface area contributed by atoms with E-state index in [-0.39, 0.29) is 11.7 Å². The number of carboxylic acids is 1. The Kier molecular flexibility index (Phi) is 17.0. The number of ether oxygens (including phenoxy) is 1. The summed E-state index contributed by atoms with van der Waals surface area (Å²) in [7, 11) is 0. The summed E-state index contributed by atoms with van der Waals surface area (Å²) in [4.78, 5) is 36.9. The highest BCUT2D eigenvalue weighted by molar-refractivity contribution is 7.99. The third-order valence-electron chi connectivity index (χ3n) is 5.74. The first kappa shape index (κ1) is 34.8. The summed E-state index contributed by atoms with van der Waals surface area (Å²) < 4.78 is 5.27. The molecule has 0 rings (SSSR count). The molecule has 0 aliphatic heterocycles. The van der Waals surface area contributed by atoms with Crippen LogP contribution in [0.1, 0.15) is 94.4 Å². The SMILES string of the molecule is CCC(C)[C@@H](NC(=O)OC(C)(C)C)C(=O)N[C@@H](CSC/C=C(\C)CC/C=C(\C)CCC=C(C)C)C(=O)O. The number of nitrogens with one attached hydrogen (secondary N) is 2. The molecule has 1 unspecified atom stereocenters. The van der Waals surface area contributed by atoms with Gasteiger partial charge < -0.3 is 20.5 Å². The van der Waals surface area contributed by atoms with Gasteiger partial charge in [0.15, 0.2) is 0 Å². The maximum Gasteiger partial charge on any atom is 0.408 e. The molecule has 0 aromatic carbocycles. The average molecular weight is 539 g/mol. The fraction of sp³-hybridized carbons (Fsp3) is 0.690. The van der Waals surface area contributed by atoms with Crippen LogP contribution in [-0.4, -0.2) is 52.3 Å². The predicted molar refractivity (Wildman–Crippen MR) is 155 cm³/mol. The number of alkyl carbamates (subject to hydrolysis) is 1. The van der Waals surface area contributed by atoms with Crippen molar-refractivity contribution in [3.05, 3.63) is 34.9 Å². The van der Waals surface area contributed by atoms with Gasteiger partial charge in [-0.2, -0.15) is 11.8 Å². The van der Waals surface area contributed by atoms with E-state index in [0.717, 1.165) is 25.7 Å². The van der Waals surface area contributed by atoms with E-state index in [1.165, 1.54) is 28.5 Å². The van der Waals surface area contributed by atoms with E-state index in [1.807, 2.05) is 13.8 Å². The Morgan fingerprint density at radius 2 is 1.51 bits per heavy atom. The zero-order valence-electron chi connectivity index (χ0n) is 24.4. The highest BCUT2D eigenvalue weighted by Gasteiger charge is 2.31. The molecule has 0 saturated carbocycles. The molecule has 0 fully saturated rings. The van der Waals surface area contributed by atoms with Crippen LogP contribution in [0.2, 0.25) is 0 Å². The molecular formula is C29H50N2O5S. The van der Waals surface area contributed by atoms with Crippen molar-refractivity contribution in [1.29, 1.82) is 0 Å². The second-order valence-corrected chi connectivity index (χ2v) is 12.0. The largest absolute Gasteiger partial charge is 0.480 e. The Morgan fingerprint density at radius 1 is 0.946 bits per heavy atom. The monoisotopic (exact) mass is 538 g/mol. The molecule has 0 bridgehead atoms. The van der Waals surface area contributed by atoms with Crippen molar-refractivity contribution in [2.24, 2.45) is 5.92 Å². The van der Waals surface area contributed by atoms with Gasteiger partial charge in [-0.05, 0) is 80.1 Å². The zero-order valence-corrected chi connectivity index (χ0v) is 25.2. The van der Waals surface area contributed by atoms with E-state index in [0.29, 0.717) is 12.2 Å². The number of amides is 2. The van der Waals surface area contributed by atoms with Gasteiger partial charge in [-0.3, -0.25) is 4.79 Å². The third kappa shape index (κ3) is 17.8. The summed E-state index contributed by atoms with van der Waals surface area (Å²) in [6.45, 7) is 17.4. The lowest BCUT2D eigenvalue weighted by atomic mass is 9.98. The number of carboxylic acid groups (broad SMARTS) is 1. The fourth-order valence-corrected chi connectivity index (χ4v) is 4.30. The normalized spacial score (nSPS) is 14.8. The minimum absolute atomic E-state index is 0.190. The maximum atomic E-state index is 12.9. The van der Waals surface area contributed by atoms with Crippen LogP contribution in [0.5, 0.6) is 0 Å². The van der Waals surface area contributed by atoms with Gasteiger partial charge in [0, 0.05) is 11.5 Å². The number of aliphatic carboxylic acids is 1. The molecule has 212 valence electrons. The zero-order chi connectivity index (χ0) is 28.6. The van der Waals surface area contributed by atoms with Gasteiger partial charge >= 0.3 is 12.1 Å². The fourth-order valence-electron chi connectivity index (χ4n) is 3.30. The van der Waals surface area contributed by atoms with Crippen LogP contribution in [0.15, 0.2) is 34.9 Å². The van der Waals surface area contributed by atoms with Gasteiger partial charge in [-0.1, -0.05) is 55.2 Å². The van der Waals surface area contributed by atoms with Gasteiger partial charge in [-0.15, -0.1) is 0 Å². The number of carbonyl (C=O) groups is 3. The lowest BCUT2D eigenvalue weighted by molar-refractivity contribution is -0.141. The van der Waals surface area contributed by atoms with Gasteiger partial charge in [0.2, 0.25) is 5.91 Å². The molecule has 0 aliphatic rings. The first-order valence-electron chi connectivity index (χ1n) is 13.2. The molecule has 0 aromatic rings. The maximum absolute atomic E-state index is 12.9. The molecular weight excluding hydrogens is 488 g/mol. The Hall–Kier alpha value is -2.22. The molecule has 0 radical (unpaired) electrons. The number of hydrogen-bond donors (Lipinski definition) is 3. The molecule has 3 N–H and O–H groups in total. The van der Waals surface area contributed by atoms with Crippen molar-refractivity contribution in [2.75, 3.05) is 11.5 Å². The Morgan fingerprint density at radius 3 is 2.03 bits per heavy atom. The summed E-state index contributed by atoms with van der Waals surface area (Å²) in [5, 5.41) is 14.8. The molecule has 3 atom stereocenters. The highest BCUT2D eigenvalue weighted by Crippen LogP contribution is 2.14. The minimum Gasteiger partial charge on any atom is -0.480 e. The number of carbonyl (C=O) groups excluding carboxylic acids is 2. The standard InChI is InChI=1S/C29H50N2O5S/c1-10-23(6)25(31-28(35)36-29(7,8)9)26(32)30-24(27(33)34)19-37-18-17-22(5)16-12-15-21(4)14-11-13-20(2)3/h13,15,17,23-25H,10-12,14,16,18-19H2,1-9H3,(H,30,32)(H,31,35)(H,33,34)/b21-15+,22-17+/t23?,24-,25+/m0/s1. The van der Waals surface area contributed by atoms with E-state index in [2.05, 4.69) is 56.6 Å². The Balaban J connectivity index is 4.79. The summed E-state index contributed by atoms with van der Waals surface area (Å²) in [5.74, 6) is -0.916. The van der Waals surface area contributed by atoms with Crippen LogP contribution in [-0.2, 0) is 14.3 Å². The molecule has 7 nitrogen and oxygen atoms in total. The number of allylic oxidation sites excluding steroid dienone is 5. The second kappa shape index (κ2) is 18.1. The first-order chi connectivity index (χ1) is 17.2. The number of hydrogen-bond acceptors (Lipinski definition) is 5. The Labute approximate surface area is 229 Å². The first-order valence-corrected chi connectivity index (χ1v) is 14.4. The highest BCUT2D eigenvalue weighted by atomic mass is 32.2. The van der Waals surface area contributed by atoms with E-state index in [1.54, 1.807) is 20.8 Å². The molecule has 8 heteroatoms. The van der Waals surface area contributed by atoms with E-state index in [4.69, 9.17) is 4.74 Å². The molecule has 0 spiro atoms. The lowest BCUT2D eigenvalue weighted by Gasteiger charge is -2.27. The minimum atomic E-state index is -1.10. The van der Waals surface area contributed by atoms with Gasteiger partial charge in [0.25, 0.3) is 0 Å². The van der Waals surface area contributed by atoms with Crippen molar-refractivity contribution in [2.45, 2.75) is 112 Å². The topological polar surface area (TPSA) is 105 Å². The van der Waals surface area contributed by atoms with E-state index in [9.17, 15) is 19.5 Å². The van der Waals surface area contributed by atoms with Gasteiger partial charge in [0.1, 0.15) is 17.7 Å². The summed E-state index contributed by atoms with van der Waals surface area (Å²) in [5.41, 5.74) is 3.31. The van der Waals surface area contributed by atoms with Crippen LogP contribution in [0.3, 0.4) is 0 Å². The Bertz CT molecular complexity index is 823. The quantitative estimate of drug-likeness (QED) is 0.150. The molecule has 37 heavy (non-hydrogen) atoms. The van der Waals surface area contributed by atoms with Crippen molar-refractivity contribution in [1.82, 2.24) is 10.6 Å². The molecule has 2 amide bonds. The molecule has 0 saturated heterocycles. The summed E-state index contributed by atoms with van der Waals surface area (Å²) >= 11 is 1.46. The van der Waals surface area contributed by atoms with E-state index < -0.39 is 35.7 Å². The second-order valence-electron chi connectivity index (χ2n) is 10.9. The smallest absolute Gasteiger partial charge is 0.408 e. The summed E-state index contributed by atoms with van der Waals surface area (Å²) in [6, 6.07) is -1.93. The number of rotatable bonds is 16.